The van der Waals surface area contributed by atoms with Crippen LogP contribution in [-0.4, -0.2) is 33.2 Å². The third-order valence-corrected chi connectivity index (χ3v) is 4.43. The van der Waals surface area contributed by atoms with Gasteiger partial charge in [-0.25, -0.2) is 8.42 Å². The molecule has 0 heterocycles. The summed E-state index contributed by atoms with van der Waals surface area (Å²) in [5.74, 6) is -0.0258. The Bertz CT molecular complexity index is 629. The number of ether oxygens (including phenoxy) is 1. The van der Waals surface area contributed by atoms with E-state index in [0.717, 1.165) is 0 Å². The molecule has 1 amide bonds. The topological polar surface area (TPSA) is 111 Å². The van der Waals surface area contributed by atoms with Crippen LogP contribution in [-0.2, 0) is 14.8 Å². The first-order valence-electron chi connectivity index (χ1n) is 6.95. The summed E-state index contributed by atoms with van der Waals surface area (Å²) in [5, 5.41) is 2.68. The van der Waals surface area contributed by atoms with E-state index in [0.29, 0.717) is 17.1 Å². The number of methoxy groups -OCH3 is 1. The van der Waals surface area contributed by atoms with E-state index >= 15 is 0 Å². The number of amides is 1. The molecule has 1 rings (SSSR count). The van der Waals surface area contributed by atoms with Crippen molar-refractivity contribution in [2.24, 2.45) is 11.7 Å². The minimum Gasteiger partial charge on any atom is -0.494 e. The summed E-state index contributed by atoms with van der Waals surface area (Å²) in [4.78, 5) is 11.9. The molecule has 0 saturated carbocycles. The quantitative estimate of drug-likeness (QED) is 0.700. The maximum Gasteiger partial charge on any atom is 0.241 e. The number of benzene rings is 1. The molecule has 22 heavy (non-hydrogen) atoms. The lowest BCUT2D eigenvalue weighted by Crippen LogP contribution is -2.39. The lowest BCUT2D eigenvalue weighted by Gasteiger charge is -2.17. The smallest absolute Gasteiger partial charge is 0.241 e. The van der Waals surface area contributed by atoms with E-state index in [4.69, 9.17) is 10.5 Å². The highest BCUT2D eigenvalue weighted by Crippen LogP contribution is 2.29. The largest absolute Gasteiger partial charge is 0.494 e. The Kier molecular flexibility index (Phi) is 6.19. The van der Waals surface area contributed by atoms with Crippen molar-refractivity contribution in [3.05, 3.63) is 18.2 Å². The number of hydrogen-bond acceptors (Lipinski definition) is 5. The van der Waals surface area contributed by atoms with Crippen LogP contribution in [0.4, 0.5) is 11.4 Å². The second-order valence-corrected chi connectivity index (χ2v) is 7.19. The van der Waals surface area contributed by atoms with Crippen LogP contribution in [0.25, 0.3) is 0 Å². The van der Waals surface area contributed by atoms with Gasteiger partial charge in [0.25, 0.3) is 0 Å². The normalized spacial score (nSPS) is 12.8. The molecule has 1 aromatic carbocycles. The first-order chi connectivity index (χ1) is 10.2. The van der Waals surface area contributed by atoms with E-state index < -0.39 is 16.1 Å². The number of anilines is 2. The molecule has 0 aliphatic heterocycles. The average Bonchev–Trinajstić information content (AvgIpc) is 2.47. The van der Waals surface area contributed by atoms with Gasteiger partial charge < -0.3 is 15.8 Å². The van der Waals surface area contributed by atoms with Gasteiger partial charge in [-0.1, -0.05) is 13.8 Å². The van der Waals surface area contributed by atoms with Gasteiger partial charge in [0.2, 0.25) is 15.9 Å². The zero-order chi connectivity index (χ0) is 16.9. The number of nitrogens with one attached hydrogen (secondary N) is 2. The summed E-state index contributed by atoms with van der Waals surface area (Å²) in [6, 6.07) is 4.03. The Hall–Kier alpha value is -1.80. The van der Waals surface area contributed by atoms with Crippen LogP contribution in [0.1, 0.15) is 20.8 Å². The summed E-state index contributed by atoms with van der Waals surface area (Å²) < 4.78 is 30.8. The number of carbonyl (C=O) groups is 1. The summed E-state index contributed by atoms with van der Waals surface area (Å²) in [6.45, 7) is 5.25. The number of rotatable bonds is 7. The standard InChI is InChI=1S/C14H23N3O4S/c1-5-22(19,20)17-11-7-6-10(8-12(11)21-4)16-14(18)13(15)9(2)3/h6-9,13,17H,5,15H2,1-4H3,(H,16,18)/t13-/m0/s1. The molecule has 124 valence electrons. The minimum atomic E-state index is -3.40. The van der Waals surface area contributed by atoms with Crippen molar-refractivity contribution in [1.29, 1.82) is 0 Å². The average molecular weight is 329 g/mol. The number of hydrogen-bond donors (Lipinski definition) is 3. The lowest BCUT2D eigenvalue weighted by atomic mass is 10.0. The lowest BCUT2D eigenvalue weighted by molar-refractivity contribution is -0.118. The van der Waals surface area contributed by atoms with Crippen LogP contribution in [0.5, 0.6) is 5.75 Å². The summed E-state index contributed by atoms with van der Waals surface area (Å²) >= 11 is 0. The predicted octanol–water partition coefficient (Wildman–Crippen LogP) is 1.38. The molecule has 0 unspecified atom stereocenters. The third kappa shape index (κ3) is 4.88. The zero-order valence-corrected chi connectivity index (χ0v) is 14.0. The van der Waals surface area contributed by atoms with Crippen molar-refractivity contribution >= 4 is 27.3 Å². The molecule has 0 saturated heterocycles. The first kappa shape index (κ1) is 18.2. The molecule has 7 nitrogen and oxygen atoms in total. The molecule has 8 heteroatoms. The Morgan fingerprint density at radius 2 is 2.00 bits per heavy atom. The van der Waals surface area contributed by atoms with Gasteiger partial charge in [0.1, 0.15) is 5.75 Å². The second-order valence-electron chi connectivity index (χ2n) is 5.18. The summed E-state index contributed by atoms with van der Waals surface area (Å²) in [5.41, 5.74) is 6.57. The van der Waals surface area contributed by atoms with Gasteiger partial charge in [-0.05, 0) is 25.0 Å². The SMILES string of the molecule is CCS(=O)(=O)Nc1ccc(NC(=O)[C@@H](N)C(C)C)cc1OC. The Balaban J connectivity index is 2.96. The Labute approximate surface area is 131 Å². The fourth-order valence-electron chi connectivity index (χ4n) is 1.62. The zero-order valence-electron chi connectivity index (χ0n) is 13.2. The summed E-state index contributed by atoms with van der Waals surface area (Å²) in [6.07, 6.45) is 0. The minimum absolute atomic E-state index is 0.0116. The number of nitrogens with two attached hydrogens (primary N) is 1. The van der Waals surface area contributed by atoms with Crippen molar-refractivity contribution in [2.45, 2.75) is 26.8 Å². The maximum absolute atomic E-state index is 11.9. The van der Waals surface area contributed by atoms with E-state index in [1.54, 1.807) is 12.1 Å². The van der Waals surface area contributed by atoms with Crippen molar-refractivity contribution < 1.29 is 17.9 Å². The predicted molar refractivity (Wildman–Crippen MR) is 87.5 cm³/mol. The molecule has 1 atom stereocenters. The van der Waals surface area contributed by atoms with Crippen LogP contribution in [0.2, 0.25) is 0 Å². The van der Waals surface area contributed by atoms with Crippen molar-refractivity contribution in [3.8, 4) is 5.75 Å². The Morgan fingerprint density at radius 1 is 1.36 bits per heavy atom. The molecule has 0 aromatic heterocycles. The van der Waals surface area contributed by atoms with Crippen molar-refractivity contribution in [2.75, 3.05) is 22.9 Å². The van der Waals surface area contributed by atoms with E-state index in [9.17, 15) is 13.2 Å². The molecule has 0 spiro atoms. The van der Waals surface area contributed by atoms with Gasteiger partial charge in [-0.2, -0.15) is 0 Å². The highest BCUT2D eigenvalue weighted by atomic mass is 32.2. The highest BCUT2D eigenvalue weighted by molar-refractivity contribution is 7.92. The van der Waals surface area contributed by atoms with Crippen LogP contribution >= 0.6 is 0 Å². The van der Waals surface area contributed by atoms with E-state index in [1.165, 1.54) is 20.1 Å². The molecule has 0 bridgehead atoms. The monoisotopic (exact) mass is 329 g/mol. The fraction of sp³-hybridized carbons (Fsp3) is 0.500. The molecule has 0 aliphatic carbocycles. The van der Waals surface area contributed by atoms with E-state index in [1.807, 2.05) is 13.8 Å². The molecule has 4 N–H and O–H groups in total. The second kappa shape index (κ2) is 7.46. The first-order valence-corrected chi connectivity index (χ1v) is 8.60. The fourth-order valence-corrected chi connectivity index (χ4v) is 2.27. The van der Waals surface area contributed by atoms with Gasteiger partial charge in [-0.3, -0.25) is 9.52 Å². The van der Waals surface area contributed by atoms with Crippen LogP contribution < -0.4 is 20.5 Å². The van der Waals surface area contributed by atoms with Crippen molar-refractivity contribution in [1.82, 2.24) is 0 Å². The molecular formula is C14H23N3O4S. The van der Waals surface area contributed by atoms with E-state index in [2.05, 4.69) is 10.0 Å². The van der Waals surface area contributed by atoms with Gasteiger partial charge in [0.05, 0.1) is 24.6 Å². The molecule has 0 radical (unpaired) electrons. The number of carbonyl (C=O) groups excluding carboxylic acids is 1. The Morgan fingerprint density at radius 3 is 2.50 bits per heavy atom. The van der Waals surface area contributed by atoms with Crippen LogP contribution in [0, 0.1) is 5.92 Å². The van der Waals surface area contributed by atoms with E-state index in [-0.39, 0.29) is 17.6 Å². The molecular weight excluding hydrogens is 306 g/mol. The van der Waals surface area contributed by atoms with Crippen LogP contribution in [0.3, 0.4) is 0 Å². The summed E-state index contributed by atoms with van der Waals surface area (Å²) in [7, 11) is -1.98. The van der Waals surface area contributed by atoms with Gasteiger partial charge in [0, 0.05) is 11.8 Å². The van der Waals surface area contributed by atoms with Crippen molar-refractivity contribution in [3.63, 3.8) is 0 Å². The molecule has 0 fully saturated rings. The van der Waals surface area contributed by atoms with Crippen LogP contribution in [0.15, 0.2) is 18.2 Å². The molecule has 1 aromatic rings. The highest BCUT2D eigenvalue weighted by Gasteiger charge is 2.18. The van der Waals surface area contributed by atoms with Gasteiger partial charge >= 0.3 is 0 Å². The van der Waals surface area contributed by atoms with Gasteiger partial charge in [0.15, 0.2) is 0 Å². The number of sulfonamides is 1. The molecule has 0 aliphatic rings. The van der Waals surface area contributed by atoms with Gasteiger partial charge in [-0.15, -0.1) is 0 Å². The third-order valence-electron chi connectivity index (χ3n) is 3.14. The maximum atomic E-state index is 11.9.